The van der Waals surface area contributed by atoms with E-state index in [9.17, 15) is 9.90 Å². The van der Waals surface area contributed by atoms with Gasteiger partial charge in [0, 0.05) is 6.20 Å². The number of pyridine rings is 1. The zero-order valence-corrected chi connectivity index (χ0v) is 9.58. The molecule has 0 atom stereocenters. The molecule has 18 heavy (non-hydrogen) atoms. The molecular weight excluding hydrogens is 232 g/mol. The average molecular weight is 242 g/mol. The van der Waals surface area contributed by atoms with E-state index >= 15 is 0 Å². The maximum absolute atomic E-state index is 11.3. The summed E-state index contributed by atoms with van der Waals surface area (Å²) in [6, 6.07) is 4.85. The van der Waals surface area contributed by atoms with E-state index in [4.69, 9.17) is 0 Å². The maximum atomic E-state index is 11.3. The van der Waals surface area contributed by atoms with Crippen molar-refractivity contribution in [1.82, 2.24) is 19.4 Å². The van der Waals surface area contributed by atoms with Gasteiger partial charge >= 0.3 is 0 Å². The first-order valence-corrected chi connectivity index (χ1v) is 5.38. The molecule has 0 bridgehead atoms. The SMILES string of the molecule is Cc1ccc2ncc(-c3nc(O)cc(=O)[nH]3)n2c1. The first kappa shape index (κ1) is 10.5. The summed E-state index contributed by atoms with van der Waals surface area (Å²) >= 11 is 0. The summed E-state index contributed by atoms with van der Waals surface area (Å²) in [7, 11) is 0. The third-order valence-electron chi connectivity index (χ3n) is 2.62. The van der Waals surface area contributed by atoms with Gasteiger partial charge in [-0.05, 0) is 18.6 Å². The van der Waals surface area contributed by atoms with Crippen LogP contribution < -0.4 is 5.56 Å². The fourth-order valence-corrected chi connectivity index (χ4v) is 1.83. The zero-order chi connectivity index (χ0) is 12.7. The average Bonchev–Trinajstić information content (AvgIpc) is 2.70. The van der Waals surface area contributed by atoms with Crippen LogP contribution in [0.4, 0.5) is 0 Å². The molecule has 0 spiro atoms. The Morgan fingerprint density at radius 3 is 3.00 bits per heavy atom. The van der Waals surface area contributed by atoms with Gasteiger partial charge in [0.1, 0.15) is 11.3 Å². The number of aromatic nitrogens is 4. The van der Waals surface area contributed by atoms with Gasteiger partial charge < -0.3 is 10.1 Å². The molecule has 0 fully saturated rings. The number of aryl methyl sites for hydroxylation is 1. The lowest BCUT2D eigenvalue weighted by molar-refractivity contribution is 0.452. The van der Waals surface area contributed by atoms with E-state index in [2.05, 4.69) is 15.0 Å². The Bertz CT molecular complexity index is 788. The molecule has 0 aliphatic carbocycles. The summed E-state index contributed by atoms with van der Waals surface area (Å²) in [5.74, 6) is -0.0190. The molecule has 90 valence electrons. The summed E-state index contributed by atoms with van der Waals surface area (Å²) in [5, 5.41) is 9.36. The normalized spacial score (nSPS) is 10.9. The molecule has 0 unspecified atom stereocenters. The summed E-state index contributed by atoms with van der Waals surface area (Å²) in [6.45, 7) is 1.96. The zero-order valence-electron chi connectivity index (χ0n) is 9.58. The van der Waals surface area contributed by atoms with E-state index in [1.165, 1.54) is 0 Å². The van der Waals surface area contributed by atoms with Crippen molar-refractivity contribution < 1.29 is 5.11 Å². The van der Waals surface area contributed by atoms with Crippen molar-refractivity contribution in [3.8, 4) is 17.4 Å². The minimum absolute atomic E-state index is 0.290. The first-order valence-electron chi connectivity index (χ1n) is 5.38. The molecule has 0 saturated carbocycles. The molecule has 2 N–H and O–H groups in total. The highest BCUT2D eigenvalue weighted by Gasteiger charge is 2.09. The van der Waals surface area contributed by atoms with E-state index < -0.39 is 5.56 Å². The summed E-state index contributed by atoms with van der Waals surface area (Å²) in [5.41, 5.74) is 2.03. The minimum atomic E-state index is -0.403. The third-order valence-corrected chi connectivity index (χ3v) is 2.62. The van der Waals surface area contributed by atoms with Crippen LogP contribution in [0.3, 0.4) is 0 Å². The van der Waals surface area contributed by atoms with Gasteiger partial charge in [-0.1, -0.05) is 6.07 Å². The summed E-state index contributed by atoms with van der Waals surface area (Å²) < 4.78 is 1.81. The monoisotopic (exact) mass is 242 g/mol. The molecule has 3 aromatic heterocycles. The molecule has 6 heteroatoms. The second kappa shape index (κ2) is 3.69. The molecule has 3 rings (SSSR count). The Balaban J connectivity index is 2.31. The predicted octanol–water partition coefficient (Wildman–Crippen LogP) is 1.10. The molecule has 0 aliphatic heterocycles. The number of hydrogen-bond acceptors (Lipinski definition) is 4. The van der Waals surface area contributed by atoms with Gasteiger partial charge in [-0.25, -0.2) is 4.98 Å². The first-order chi connectivity index (χ1) is 8.63. The Morgan fingerprint density at radius 2 is 2.22 bits per heavy atom. The van der Waals surface area contributed by atoms with Gasteiger partial charge in [0.25, 0.3) is 5.56 Å². The fourth-order valence-electron chi connectivity index (χ4n) is 1.83. The van der Waals surface area contributed by atoms with Crippen LogP contribution in [-0.4, -0.2) is 24.5 Å². The van der Waals surface area contributed by atoms with Crippen molar-refractivity contribution in [1.29, 1.82) is 0 Å². The number of aromatic amines is 1. The van der Waals surface area contributed by atoms with Crippen LogP contribution >= 0.6 is 0 Å². The van der Waals surface area contributed by atoms with Crippen molar-refractivity contribution in [2.45, 2.75) is 6.92 Å². The third kappa shape index (κ3) is 1.64. The molecular formula is C12H10N4O2. The summed E-state index contributed by atoms with van der Waals surface area (Å²) in [6.07, 6.45) is 3.49. The lowest BCUT2D eigenvalue weighted by Crippen LogP contribution is -2.07. The number of rotatable bonds is 1. The van der Waals surface area contributed by atoms with Crippen molar-refractivity contribution in [2.24, 2.45) is 0 Å². The van der Waals surface area contributed by atoms with Gasteiger partial charge in [-0.3, -0.25) is 9.20 Å². The molecule has 0 amide bonds. The van der Waals surface area contributed by atoms with Crippen molar-refractivity contribution in [3.05, 3.63) is 46.5 Å². The van der Waals surface area contributed by atoms with Gasteiger partial charge in [0.2, 0.25) is 5.88 Å². The van der Waals surface area contributed by atoms with E-state index in [0.29, 0.717) is 5.69 Å². The molecule has 0 radical (unpaired) electrons. The van der Waals surface area contributed by atoms with Gasteiger partial charge in [0.05, 0.1) is 12.3 Å². The Kier molecular flexibility index (Phi) is 2.16. The van der Waals surface area contributed by atoms with Gasteiger partial charge in [-0.2, -0.15) is 4.98 Å². The van der Waals surface area contributed by atoms with Crippen molar-refractivity contribution in [2.75, 3.05) is 0 Å². The second-order valence-electron chi connectivity index (χ2n) is 4.03. The lowest BCUT2D eigenvalue weighted by atomic mass is 10.3. The minimum Gasteiger partial charge on any atom is -0.493 e. The molecule has 0 aromatic carbocycles. The van der Waals surface area contributed by atoms with E-state index in [0.717, 1.165) is 17.3 Å². The van der Waals surface area contributed by atoms with Gasteiger partial charge in [0.15, 0.2) is 5.82 Å². The highest BCUT2D eigenvalue weighted by Crippen LogP contribution is 2.18. The Morgan fingerprint density at radius 1 is 1.39 bits per heavy atom. The lowest BCUT2D eigenvalue weighted by Gasteiger charge is -2.02. The van der Waals surface area contributed by atoms with E-state index in [1.807, 2.05) is 29.7 Å². The van der Waals surface area contributed by atoms with Crippen molar-refractivity contribution >= 4 is 5.65 Å². The molecule has 0 saturated heterocycles. The van der Waals surface area contributed by atoms with E-state index in [1.54, 1.807) is 6.20 Å². The van der Waals surface area contributed by atoms with E-state index in [-0.39, 0.29) is 11.7 Å². The largest absolute Gasteiger partial charge is 0.493 e. The molecule has 3 aromatic rings. The van der Waals surface area contributed by atoms with Crippen LogP contribution in [0.5, 0.6) is 5.88 Å². The van der Waals surface area contributed by atoms with Crippen LogP contribution in [0.15, 0.2) is 35.4 Å². The van der Waals surface area contributed by atoms with Crippen LogP contribution in [0.1, 0.15) is 5.56 Å². The topological polar surface area (TPSA) is 83.3 Å². The molecule has 3 heterocycles. The Labute approximate surface area is 102 Å². The number of nitrogens with zero attached hydrogens (tertiary/aromatic N) is 3. The van der Waals surface area contributed by atoms with Crippen LogP contribution in [-0.2, 0) is 0 Å². The van der Waals surface area contributed by atoms with Crippen molar-refractivity contribution in [3.63, 3.8) is 0 Å². The number of fused-ring (bicyclic) bond motifs is 1. The standard InChI is InChI=1S/C12H10N4O2/c1-7-2-3-9-13-5-8(16(9)6-7)12-14-10(17)4-11(18)15-12/h2-6H,1H3,(H2,14,15,17,18). The van der Waals surface area contributed by atoms with Gasteiger partial charge in [-0.15, -0.1) is 0 Å². The predicted molar refractivity (Wildman–Crippen MR) is 65.4 cm³/mol. The van der Waals surface area contributed by atoms with Crippen LogP contribution in [0.25, 0.3) is 17.2 Å². The number of aromatic hydroxyl groups is 1. The quantitative estimate of drug-likeness (QED) is 0.669. The second-order valence-corrected chi connectivity index (χ2v) is 4.03. The number of nitrogens with one attached hydrogen (secondary N) is 1. The van der Waals surface area contributed by atoms with Crippen LogP contribution in [0, 0.1) is 6.92 Å². The smallest absolute Gasteiger partial charge is 0.255 e. The molecule has 0 aliphatic rings. The number of H-pyrrole nitrogens is 1. The molecule has 6 nitrogen and oxygen atoms in total. The highest BCUT2D eigenvalue weighted by atomic mass is 16.3. The number of imidazole rings is 1. The fraction of sp³-hybridized carbons (Fsp3) is 0.0833. The van der Waals surface area contributed by atoms with Crippen LogP contribution in [0.2, 0.25) is 0 Å². The maximum Gasteiger partial charge on any atom is 0.255 e. The highest BCUT2D eigenvalue weighted by molar-refractivity contribution is 5.57. The Hall–Kier alpha value is -2.63. The summed E-state index contributed by atoms with van der Waals surface area (Å²) in [4.78, 5) is 22.0. The number of hydrogen-bond donors (Lipinski definition) is 2.